The molecule has 3 rings (SSSR count). The van der Waals surface area contributed by atoms with E-state index in [1.165, 1.54) is 0 Å². The first-order chi connectivity index (χ1) is 9.75. The van der Waals surface area contributed by atoms with E-state index in [2.05, 4.69) is 9.88 Å². The number of fused-ring (bicyclic) bond motifs is 1. The van der Waals surface area contributed by atoms with Crippen molar-refractivity contribution in [3.63, 3.8) is 0 Å². The van der Waals surface area contributed by atoms with Gasteiger partial charge in [-0.1, -0.05) is 12.1 Å². The van der Waals surface area contributed by atoms with Crippen molar-refractivity contribution in [2.75, 3.05) is 32.8 Å². The maximum Gasteiger partial charge on any atom is 0.262 e. The Kier molecular flexibility index (Phi) is 3.95. The van der Waals surface area contributed by atoms with E-state index in [4.69, 9.17) is 17.0 Å². The van der Waals surface area contributed by atoms with Gasteiger partial charge in [0.05, 0.1) is 24.1 Å². The van der Waals surface area contributed by atoms with Gasteiger partial charge in [-0.25, -0.2) is 0 Å². The monoisotopic (exact) mass is 291 g/mol. The summed E-state index contributed by atoms with van der Waals surface area (Å²) in [5.74, 6) is 0. The predicted octanol–water partition coefficient (Wildman–Crippen LogP) is 1.39. The van der Waals surface area contributed by atoms with E-state index in [1.807, 2.05) is 24.3 Å². The summed E-state index contributed by atoms with van der Waals surface area (Å²) in [6.07, 6.45) is 0. The Bertz CT molecular complexity index is 716. The second-order valence-corrected chi connectivity index (χ2v) is 5.27. The van der Waals surface area contributed by atoms with Crippen LogP contribution in [0.25, 0.3) is 10.9 Å². The number of para-hydroxylation sites is 1. The van der Waals surface area contributed by atoms with Crippen molar-refractivity contribution < 1.29 is 4.74 Å². The number of hydrogen-bond donors (Lipinski definition) is 1. The van der Waals surface area contributed by atoms with Crippen LogP contribution in [0.2, 0.25) is 0 Å². The zero-order valence-electron chi connectivity index (χ0n) is 11.2. The lowest BCUT2D eigenvalue weighted by Crippen LogP contribution is -2.39. The number of nitrogens with one attached hydrogen (secondary N) is 1. The van der Waals surface area contributed by atoms with Crippen LogP contribution in [0.1, 0.15) is 0 Å². The molecule has 1 aromatic carbocycles. The van der Waals surface area contributed by atoms with Gasteiger partial charge in [0.2, 0.25) is 0 Å². The van der Waals surface area contributed by atoms with Crippen molar-refractivity contribution in [3.05, 3.63) is 39.4 Å². The first-order valence-corrected chi connectivity index (χ1v) is 7.18. The lowest BCUT2D eigenvalue weighted by Gasteiger charge is -2.26. The molecule has 0 spiro atoms. The van der Waals surface area contributed by atoms with Crippen LogP contribution in [-0.4, -0.2) is 47.3 Å². The molecule has 0 radical (unpaired) electrons. The van der Waals surface area contributed by atoms with Crippen molar-refractivity contribution in [2.24, 2.45) is 0 Å². The fourth-order valence-electron chi connectivity index (χ4n) is 2.47. The number of hydrogen-bond acceptors (Lipinski definition) is 4. The number of ether oxygens (including phenoxy) is 1. The van der Waals surface area contributed by atoms with Crippen LogP contribution in [0.4, 0.5) is 0 Å². The number of aromatic nitrogens is 2. The van der Waals surface area contributed by atoms with Crippen molar-refractivity contribution >= 4 is 23.1 Å². The number of benzene rings is 1. The van der Waals surface area contributed by atoms with Gasteiger partial charge in [-0.05, 0) is 24.4 Å². The molecule has 2 aromatic rings. The van der Waals surface area contributed by atoms with Gasteiger partial charge in [-0.2, -0.15) is 0 Å². The molecule has 1 aliphatic heterocycles. The topological polar surface area (TPSA) is 50.3 Å². The van der Waals surface area contributed by atoms with E-state index in [1.54, 1.807) is 4.57 Å². The van der Waals surface area contributed by atoms with Crippen molar-refractivity contribution in [2.45, 2.75) is 6.54 Å². The number of rotatable bonds is 3. The van der Waals surface area contributed by atoms with Gasteiger partial charge >= 0.3 is 0 Å². The molecule has 5 nitrogen and oxygen atoms in total. The van der Waals surface area contributed by atoms with Crippen LogP contribution in [-0.2, 0) is 11.3 Å². The molecule has 20 heavy (non-hydrogen) atoms. The van der Waals surface area contributed by atoms with Gasteiger partial charge in [0.25, 0.3) is 5.56 Å². The molecule has 106 valence electrons. The molecule has 0 unspecified atom stereocenters. The summed E-state index contributed by atoms with van der Waals surface area (Å²) < 4.78 is 7.45. The molecule has 0 atom stereocenters. The average Bonchev–Trinajstić information content (AvgIpc) is 2.48. The van der Waals surface area contributed by atoms with E-state index in [0.717, 1.165) is 38.4 Å². The summed E-state index contributed by atoms with van der Waals surface area (Å²) in [5.41, 5.74) is 0.780. The van der Waals surface area contributed by atoms with Gasteiger partial charge in [-0.3, -0.25) is 14.3 Å². The van der Waals surface area contributed by atoms with Gasteiger partial charge in [0, 0.05) is 26.2 Å². The van der Waals surface area contributed by atoms with Gasteiger partial charge in [0.1, 0.15) is 0 Å². The quantitative estimate of drug-likeness (QED) is 0.868. The Labute approximate surface area is 121 Å². The molecular weight excluding hydrogens is 274 g/mol. The number of aromatic amines is 1. The zero-order chi connectivity index (χ0) is 13.9. The minimum absolute atomic E-state index is 0.0161. The third-order valence-electron chi connectivity index (χ3n) is 3.63. The highest BCUT2D eigenvalue weighted by Gasteiger charge is 2.11. The summed E-state index contributed by atoms with van der Waals surface area (Å²) in [4.78, 5) is 17.9. The SMILES string of the molecule is O=c1c2ccccc2[nH]c(=S)n1CCN1CCOCC1. The summed E-state index contributed by atoms with van der Waals surface area (Å²) in [6, 6.07) is 7.46. The second kappa shape index (κ2) is 5.87. The maximum atomic E-state index is 12.5. The Morgan fingerprint density at radius 1 is 1.20 bits per heavy atom. The van der Waals surface area contributed by atoms with Crippen molar-refractivity contribution in [3.8, 4) is 0 Å². The molecule has 1 aliphatic rings. The predicted molar refractivity (Wildman–Crippen MR) is 80.7 cm³/mol. The number of morpholine rings is 1. The van der Waals surface area contributed by atoms with Crippen LogP contribution in [0.5, 0.6) is 0 Å². The molecule has 0 bridgehead atoms. The third-order valence-corrected chi connectivity index (χ3v) is 3.96. The first kappa shape index (κ1) is 13.5. The maximum absolute atomic E-state index is 12.5. The lowest BCUT2D eigenvalue weighted by atomic mass is 10.2. The Hall–Kier alpha value is -1.50. The largest absolute Gasteiger partial charge is 0.379 e. The molecule has 0 amide bonds. The van der Waals surface area contributed by atoms with E-state index >= 15 is 0 Å². The van der Waals surface area contributed by atoms with Crippen LogP contribution >= 0.6 is 12.2 Å². The molecule has 0 saturated carbocycles. The van der Waals surface area contributed by atoms with Crippen LogP contribution in [0.15, 0.2) is 29.1 Å². The molecule has 1 N–H and O–H groups in total. The summed E-state index contributed by atoms with van der Waals surface area (Å²) in [5, 5.41) is 0.683. The molecule has 1 aromatic heterocycles. The van der Waals surface area contributed by atoms with E-state index < -0.39 is 0 Å². The highest BCUT2D eigenvalue weighted by molar-refractivity contribution is 7.71. The molecule has 2 heterocycles. The van der Waals surface area contributed by atoms with E-state index in [-0.39, 0.29) is 5.56 Å². The highest BCUT2D eigenvalue weighted by Crippen LogP contribution is 2.06. The van der Waals surface area contributed by atoms with Gasteiger partial charge < -0.3 is 9.72 Å². The highest BCUT2D eigenvalue weighted by atomic mass is 32.1. The zero-order valence-corrected chi connectivity index (χ0v) is 12.0. The standard InChI is InChI=1S/C14H17N3O2S/c18-13-11-3-1-2-4-12(11)15-14(20)17(13)6-5-16-7-9-19-10-8-16/h1-4H,5-10H2,(H,15,20). The number of nitrogens with zero attached hydrogens (tertiary/aromatic N) is 2. The average molecular weight is 291 g/mol. The van der Waals surface area contributed by atoms with Gasteiger partial charge in [0.15, 0.2) is 4.77 Å². The van der Waals surface area contributed by atoms with Crippen molar-refractivity contribution in [1.82, 2.24) is 14.5 Å². The molecule has 6 heteroatoms. The molecule has 0 aliphatic carbocycles. The Morgan fingerprint density at radius 3 is 2.75 bits per heavy atom. The first-order valence-electron chi connectivity index (χ1n) is 6.78. The normalized spacial score (nSPS) is 16.6. The Morgan fingerprint density at radius 2 is 1.95 bits per heavy atom. The fourth-order valence-corrected chi connectivity index (χ4v) is 2.75. The second-order valence-electron chi connectivity index (χ2n) is 4.89. The van der Waals surface area contributed by atoms with E-state index in [9.17, 15) is 4.79 Å². The van der Waals surface area contributed by atoms with Crippen LogP contribution in [0.3, 0.4) is 0 Å². The summed E-state index contributed by atoms with van der Waals surface area (Å²) in [6.45, 7) is 4.79. The Balaban J connectivity index is 1.87. The van der Waals surface area contributed by atoms with Crippen LogP contribution < -0.4 is 5.56 Å². The molecule has 1 saturated heterocycles. The summed E-state index contributed by atoms with van der Waals surface area (Å²) in [7, 11) is 0. The minimum atomic E-state index is -0.0161. The van der Waals surface area contributed by atoms with Gasteiger partial charge in [-0.15, -0.1) is 0 Å². The molecule has 1 fully saturated rings. The third kappa shape index (κ3) is 2.67. The van der Waals surface area contributed by atoms with Crippen LogP contribution in [0, 0.1) is 4.77 Å². The molecular formula is C14H17N3O2S. The van der Waals surface area contributed by atoms with Crippen molar-refractivity contribution in [1.29, 1.82) is 0 Å². The smallest absolute Gasteiger partial charge is 0.262 e. The minimum Gasteiger partial charge on any atom is -0.379 e. The summed E-state index contributed by atoms with van der Waals surface area (Å²) >= 11 is 5.30. The number of H-pyrrole nitrogens is 1. The lowest BCUT2D eigenvalue weighted by molar-refractivity contribution is 0.0362. The van der Waals surface area contributed by atoms with E-state index in [0.29, 0.717) is 16.7 Å². The fraction of sp³-hybridized carbons (Fsp3) is 0.429.